The van der Waals surface area contributed by atoms with Crippen molar-refractivity contribution in [3.8, 4) is 0 Å². The molecule has 0 unspecified atom stereocenters. The molecule has 1 aliphatic rings. The molecule has 0 radical (unpaired) electrons. The van der Waals surface area contributed by atoms with E-state index in [-0.39, 0.29) is 27.3 Å². The first kappa shape index (κ1) is 21.1. The Kier molecular flexibility index (Phi) is 6.39. The highest BCUT2D eigenvalue weighted by Crippen LogP contribution is 2.34. The van der Waals surface area contributed by atoms with Gasteiger partial charge in [-0.05, 0) is 64.4 Å². The van der Waals surface area contributed by atoms with Gasteiger partial charge in [0.15, 0.2) is 5.76 Å². The van der Waals surface area contributed by atoms with Crippen molar-refractivity contribution in [3.05, 3.63) is 39.7 Å². The summed E-state index contributed by atoms with van der Waals surface area (Å²) in [6.07, 6.45) is 1.99. The highest BCUT2D eigenvalue weighted by molar-refractivity contribution is 7.18. The fourth-order valence-electron chi connectivity index (χ4n) is 3.27. The molecule has 8 nitrogen and oxygen atoms in total. The van der Waals surface area contributed by atoms with Gasteiger partial charge in [0.05, 0.1) is 23.1 Å². The van der Waals surface area contributed by atoms with E-state index in [0.717, 1.165) is 24.4 Å². The molecule has 3 N–H and O–H groups in total. The molecule has 0 aromatic carbocycles. The Hall–Kier alpha value is -2.65. The van der Waals surface area contributed by atoms with Crippen molar-refractivity contribution in [2.75, 3.05) is 18.4 Å². The van der Waals surface area contributed by atoms with Crippen LogP contribution in [0.15, 0.2) is 16.5 Å². The van der Waals surface area contributed by atoms with Gasteiger partial charge in [0.2, 0.25) is 0 Å². The minimum atomic E-state index is -0.669. The van der Waals surface area contributed by atoms with Crippen LogP contribution in [0.2, 0.25) is 0 Å². The third kappa shape index (κ3) is 4.86. The summed E-state index contributed by atoms with van der Waals surface area (Å²) in [5.41, 5.74) is 5.93. The number of amides is 2. The maximum Gasteiger partial charge on any atom is 0.341 e. The van der Waals surface area contributed by atoms with Crippen molar-refractivity contribution in [2.24, 2.45) is 5.73 Å². The fourth-order valence-corrected chi connectivity index (χ4v) is 4.31. The largest absolute Gasteiger partial charge is 0.459 e. The number of rotatable bonds is 7. The van der Waals surface area contributed by atoms with Gasteiger partial charge >= 0.3 is 5.97 Å². The molecule has 29 heavy (non-hydrogen) atoms. The molecule has 1 saturated heterocycles. The number of hydrogen-bond acceptors (Lipinski definition) is 7. The molecule has 3 rings (SSSR count). The summed E-state index contributed by atoms with van der Waals surface area (Å²) in [6, 6.07) is 3.37. The van der Waals surface area contributed by atoms with E-state index < -0.39 is 17.8 Å². The van der Waals surface area contributed by atoms with Gasteiger partial charge in [0.1, 0.15) is 10.8 Å². The van der Waals surface area contributed by atoms with Gasteiger partial charge < -0.3 is 20.2 Å². The van der Waals surface area contributed by atoms with E-state index in [1.165, 1.54) is 12.8 Å². The first-order valence-corrected chi connectivity index (χ1v) is 10.3. The number of furan rings is 1. The van der Waals surface area contributed by atoms with Crippen molar-refractivity contribution < 1.29 is 23.5 Å². The summed E-state index contributed by atoms with van der Waals surface area (Å²) in [4.78, 5) is 39.3. The van der Waals surface area contributed by atoms with Crippen molar-refractivity contribution in [2.45, 2.75) is 46.3 Å². The maximum atomic E-state index is 12.7. The molecular formula is C20H25N3O5S. The standard InChI is InChI=1S/C20H25N3O5S/c1-11(2)27-20(26)15-12(3)16(17(21)24)29-19(15)22-18(25)14-7-6-13(28-14)10-23-8-4-5-9-23/h6-7,11H,4-5,8-10H2,1-3H3,(H2,21,24)(H,22,25). The van der Waals surface area contributed by atoms with Crippen LogP contribution < -0.4 is 11.1 Å². The number of nitrogens with two attached hydrogens (primary N) is 1. The molecule has 2 amide bonds. The van der Waals surface area contributed by atoms with Crippen LogP contribution >= 0.6 is 11.3 Å². The molecule has 1 fully saturated rings. The lowest BCUT2D eigenvalue weighted by molar-refractivity contribution is 0.0379. The van der Waals surface area contributed by atoms with E-state index in [9.17, 15) is 14.4 Å². The van der Waals surface area contributed by atoms with E-state index in [0.29, 0.717) is 17.9 Å². The number of esters is 1. The molecule has 3 heterocycles. The number of carbonyl (C=O) groups excluding carboxylic acids is 3. The van der Waals surface area contributed by atoms with Crippen LogP contribution in [0.25, 0.3) is 0 Å². The summed E-state index contributed by atoms with van der Waals surface area (Å²) in [6.45, 7) is 7.74. The van der Waals surface area contributed by atoms with Crippen molar-refractivity contribution in [3.63, 3.8) is 0 Å². The van der Waals surface area contributed by atoms with Gasteiger partial charge in [-0.15, -0.1) is 11.3 Å². The molecular weight excluding hydrogens is 394 g/mol. The van der Waals surface area contributed by atoms with Crippen LogP contribution in [0.5, 0.6) is 0 Å². The number of likely N-dealkylation sites (tertiary alicyclic amines) is 1. The molecule has 0 spiro atoms. The number of hydrogen-bond donors (Lipinski definition) is 2. The highest BCUT2D eigenvalue weighted by Gasteiger charge is 2.27. The van der Waals surface area contributed by atoms with Crippen molar-refractivity contribution in [1.29, 1.82) is 0 Å². The molecule has 2 aromatic heterocycles. The Balaban J connectivity index is 1.80. The summed E-state index contributed by atoms with van der Waals surface area (Å²) >= 11 is 0.948. The first-order chi connectivity index (χ1) is 13.8. The van der Waals surface area contributed by atoms with Crippen molar-refractivity contribution >= 4 is 34.1 Å². The Morgan fingerprint density at radius 1 is 1.28 bits per heavy atom. The van der Waals surface area contributed by atoms with E-state index in [2.05, 4.69) is 10.2 Å². The van der Waals surface area contributed by atoms with Crippen LogP contribution in [0, 0.1) is 6.92 Å². The van der Waals surface area contributed by atoms with E-state index in [1.54, 1.807) is 32.9 Å². The normalized spacial score (nSPS) is 14.3. The third-order valence-electron chi connectivity index (χ3n) is 4.61. The van der Waals surface area contributed by atoms with Gasteiger partial charge in [-0.3, -0.25) is 14.5 Å². The van der Waals surface area contributed by atoms with Crippen LogP contribution in [0.1, 0.15) is 68.6 Å². The molecule has 9 heteroatoms. The van der Waals surface area contributed by atoms with Gasteiger partial charge in [-0.2, -0.15) is 0 Å². The van der Waals surface area contributed by atoms with Crippen LogP contribution in [-0.4, -0.2) is 41.9 Å². The number of nitrogens with zero attached hydrogens (tertiary/aromatic N) is 1. The predicted octanol–water partition coefficient (Wildman–Crippen LogP) is 3.16. The Labute approximate surface area is 173 Å². The lowest BCUT2D eigenvalue weighted by atomic mass is 10.1. The SMILES string of the molecule is Cc1c(C(N)=O)sc(NC(=O)c2ccc(CN3CCCC3)o2)c1C(=O)OC(C)C. The highest BCUT2D eigenvalue weighted by atomic mass is 32.1. The summed E-state index contributed by atoms with van der Waals surface area (Å²) in [5, 5.41) is 2.88. The predicted molar refractivity (Wildman–Crippen MR) is 109 cm³/mol. The van der Waals surface area contributed by atoms with Gasteiger partial charge in [-0.25, -0.2) is 4.79 Å². The molecule has 156 valence electrons. The fraction of sp³-hybridized carbons (Fsp3) is 0.450. The van der Waals surface area contributed by atoms with Gasteiger partial charge in [0.25, 0.3) is 11.8 Å². The van der Waals surface area contributed by atoms with Gasteiger partial charge in [0, 0.05) is 0 Å². The summed E-state index contributed by atoms with van der Waals surface area (Å²) < 4.78 is 10.9. The number of primary amides is 1. The number of thiophene rings is 1. The summed E-state index contributed by atoms with van der Waals surface area (Å²) in [5.74, 6) is -0.956. The van der Waals surface area contributed by atoms with Crippen molar-refractivity contribution in [1.82, 2.24) is 4.90 Å². The Morgan fingerprint density at radius 3 is 2.59 bits per heavy atom. The molecule has 0 bridgehead atoms. The number of carbonyl (C=O) groups is 3. The Bertz CT molecular complexity index is 925. The maximum absolute atomic E-state index is 12.7. The molecule has 0 atom stereocenters. The molecule has 1 aliphatic heterocycles. The second-order valence-corrected chi connectivity index (χ2v) is 8.30. The molecule has 0 saturated carbocycles. The Morgan fingerprint density at radius 2 is 1.97 bits per heavy atom. The van der Waals surface area contributed by atoms with E-state index in [1.807, 2.05) is 0 Å². The topological polar surface area (TPSA) is 115 Å². The number of ether oxygens (including phenoxy) is 1. The number of nitrogens with one attached hydrogen (secondary N) is 1. The zero-order chi connectivity index (χ0) is 21.1. The smallest absolute Gasteiger partial charge is 0.341 e. The lowest BCUT2D eigenvalue weighted by Crippen LogP contribution is -2.18. The van der Waals surface area contributed by atoms with Crippen LogP contribution in [-0.2, 0) is 11.3 Å². The molecule has 0 aliphatic carbocycles. The molecule has 2 aromatic rings. The monoisotopic (exact) mass is 419 g/mol. The third-order valence-corrected chi connectivity index (χ3v) is 5.83. The zero-order valence-corrected chi connectivity index (χ0v) is 17.6. The zero-order valence-electron chi connectivity index (χ0n) is 16.7. The number of anilines is 1. The average Bonchev–Trinajstić information content (AvgIpc) is 3.35. The second-order valence-electron chi connectivity index (χ2n) is 7.28. The van der Waals surface area contributed by atoms with Crippen LogP contribution in [0.4, 0.5) is 5.00 Å². The minimum absolute atomic E-state index is 0.133. The van der Waals surface area contributed by atoms with E-state index >= 15 is 0 Å². The second kappa shape index (κ2) is 8.79. The van der Waals surface area contributed by atoms with Gasteiger partial charge in [-0.1, -0.05) is 0 Å². The lowest BCUT2D eigenvalue weighted by Gasteiger charge is -2.11. The minimum Gasteiger partial charge on any atom is -0.459 e. The van der Waals surface area contributed by atoms with Crippen LogP contribution in [0.3, 0.4) is 0 Å². The van der Waals surface area contributed by atoms with E-state index in [4.69, 9.17) is 14.9 Å². The summed E-state index contributed by atoms with van der Waals surface area (Å²) in [7, 11) is 0. The quantitative estimate of drug-likeness (QED) is 0.666. The first-order valence-electron chi connectivity index (χ1n) is 9.52. The average molecular weight is 420 g/mol.